The summed E-state index contributed by atoms with van der Waals surface area (Å²) in [6.45, 7) is 0. The summed E-state index contributed by atoms with van der Waals surface area (Å²) in [7, 11) is 0. The van der Waals surface area contributed by atoms with Crippen LogP contribution in [0.25, 0.3) is 100 Å². The van der Waals surface area contributed by atoms with Crippen LogP contribution in [-0.4, -0.2) is 24.1 Å². The van der Waals surface area contributed by atoms with E-state index in [1.165, 1.54) is 10.8 Å². The second-order valence-electron chi connectivity index (χ2n) is 19.1. The minimum Gasteiger partial charge on any atom is -0.309 e. The van der Waals surface area contributed by atoms with Crippen molar-refractivity contribution >= 4 is 43.6 Å². The van der Waals surface area contributed by atoms with Gasteiger partial charge in [0.1, 0.15) is 0 Å². The van der Waals surface area contributed by atoms with Crippen LogP contribution < -0.4 is 0 Å². The lowest BCUT2D eigenvalue weighted by molar-refractivity contribution is 0.746. The molecule has 5 heteroatoms. The molecule has 14 rings (SSSR count). The van der Waals surface area contributed by atoms with Crippen molar-refractivity contribution in [2.75, 3.05) is 0 Å². The van der Waals surface area contributed by atoms with E-state index in [1.807, 2.05) is 0 Å². The van der Waals surface area contributed by atoms with Gasteiger partial charge in [-0.2, -0.15) is 9.97 Å². The molecular formula is C70H47N5. The van der Waals surface area contributed by atoms with Crippen LogP contribution in [0, 0.1) is 0 Å². The standard InChI is InChI=1S/C70H47N5/c1-4-23-48(24-5-1)50-27-20-32-54(45-50)70(53-30-8-3-9-31-53,55-33-21-28-51(46-55)49-25-6-2-7-26-49)56-34-22-29-52(47-56)67-71-68(73-69(72-67)75-64-42-17-12-37-59(64)60-38-13-18-43-65(60)75)61-39-14-19-44-66(61)74-62-40-15-10-35-57(62)58-36-11-16-41-63(58)74/h1-47H. The van der Waals surface area contributed by atoms with E-state index in [1.54, 1.807) is 0 Å². The molecule has 0 saturated carbocycles. The molecule has 75 heavy (non-hydrogen) atoms. The summed E-state index contributed by atoms with van der Waals surface area (Å²) in [4.78, 5) is 16.6. The molecule has 0 N–H and O–H groups in total. The quantitative estimate of drug-likeness (QED) is 0.128. The van der Waals surface area contributed by atoms with Crippen molar-refractivity contribution < 1.29 is 0 Å². The van der Waals surface area contributed by atoms with Gasteiger partial charge in [-0.05, 0) is 99.1 Å². The molecule has 11 aromatic carbocycles. The van der Waals surface area contributed by atoms with Gasteiger partial charge in [-0.25, -0.2) is 4.98 Å². The fourth-order valence-corrected chi connectivity index (χ4v) is 11.6. The molecule has 3 heterocycles. The number of fused-ring (bicyclic) bond motifs is 6. The molecule has 0 aliphatic heterocycles. The predicted octanol–water partition coefficient (Wildman–Crippen LogP) is 17.1. The van der Waals surface area contributed by atoms with Crippen molar-refractivity contribution in [3.05, 3.63) is 307 Å². The van der Waals surface area contributed by atoms with Gasteiger partial charge in [0.15, 0.2) is 11.6 Å². The van der Waals surface area contributed by atoms with E-state index >= 15 is 0 Å². The summed E-state index contributed by atoms with van der Waals surface area (Å²) in [5, 5.41) is 4.64. The van der Waals surface area contributed by atoms with Gasteiger partial charge in [0.2, 0.25) is 5.95 Å². The third-order valence-corrected chi connectivity index (χ3v) is 14.9. The first-order valence-corrected chi connectivity index (χ1v) is 25.5. The topological polar surface area (TPSA) is 48.5 Å². The minimum atomic E-state index is -0.804. The molecule has 0 aliphatic carbocycles. The van der Waals surface area contributed by atoms with E-state index in [9.17, 15) is 0 Å². The van der Waals surface area contributed by atoms with Gasteiger partial charge in [-0.1, -0.05) is 231 Å². The Balaban J connectivity index is 1.05. The smallest absolute Gasteiger partial charge is 0.238 e. The molecule has 0 saturated heterocycles. The SMILES string of the molecule is c1ccc(-c2cccc(C(c3ccccc3)(c3cccc(-c4ccccc4)c3)c3cccc(-c4nc(-c5ccccc5-n5c6ccccc6c6ccccc65)nc(-n5c6ccccc6c6ccccc65)n4)c3)c2)cc1. The number of benzene rings is 11. The highest BCUT2D eigenvalue weighted by atomic mass is 15.2. The molecule has 0 bridgehead atoms. The summed E-state index contributed by atoms with van der Waals surface area (Å²) >= 11 is 0. The van der Waals surface area contributed by atoms with Crippen LogP contribution >= 0.6 is 0 Å². The lowest BCUT2D eigenvalue weighted by atomic mass is 9.64. The maximum absolute atomic E-state index is 5.57. The Kier molecular flexibility index (Phi) is 10.7. The number of hydrogen-bond donors (Lipinski definition) is 0. The largest absolute Gasteiger partial charge is 0.309 e. The Morgan fingerprint density at radius 2 is 0.613 bits per heavy atom. The van der Waals surface area contributed by atoms with Crippen molar-refractivity contribution in [1.82, 2.24) is 24.1 Å². The number of para-hydroxylation sites is 5. The second-order valence-corrected chi connectivity index (χ2v) is 19.1. The van der Waals surface area contributed by atoms with Crippen molar-refractivity contribution in [3.63, 3.8) is 0 Å². The molecule has 0 amide bonds. The van der Waals surface area contributed by atoms with Gasteiger partial charge in [0, 0.05) is 32.7 Å². The van der Waals surface area contributed by atoms with Gasteiger partial charge < -0.3 is 4.57 Å². The summed E-state index contributed by atoms with van der Waals surface area (Å²) in [5.41, 5.74) is 15.3. The molecule has 0 radical (unpaired) electrons. The molecule has 0 atom stereocenters. The number of hydrogen-bond acceptors (Lipinski definition) is 3. The van der Waals surface area contributed by atoms with Crippen molar-refractivity contribution in [3.8, 4) is 56.7 Å². The van der Waals surface area contributed by atoms with Crippen molar-refractivity contribution in [2.45, 2.75) is 5.41 Å². The lowest BCUT2D eigenvalue weighted by Gasteiger charge is -2.37. The zero-order valence-corrected chi connectivity index (χ0v) is 40.9. The molecule has 0 fully saturated rings. The van der Waals surface area contributed by atoms with Gasteiger partial charge >= 0.3 is 0 Å². The van der Waals surface area contributed by atoms with Gasteiger partial charge in [-0.3, -0.25) is 4.57 Å². The third kappa shape index (κ3) is 7.35. The molecule has 0 spiro atoms. The summed E-state index contributed by atoms with van der Waals surface area (Å²) < 4.78 is 4.55. The van der Waals surface area contributed by atoms with Gasteiger partial charge in [0.05, 0.1) is 33.2 Å². The lowest BCUT2D eigenvalue weighted by Crippen LogP contribution is -2.31. The van der Waals surface area contributed by atoms with Crippen molar-refractivity contribution in [1.29, 1.82) is 0 Å². The zero-order chi connectivity index (χ0) is 49.7. The average molecular weight is 958 g/mol. The number of nitrogens with zero attached hydrogens (tertiary/aromatic N) is 5. The normalized spacial score (nSPS) is 11.7. The van der Waals surface area contributed by atoms with E-state index in [0.717, 1.165) is 94.2 Å². The van der Waals surface area contributed by atoms with Crippen LogP contribution in [0.4, 0.5) is 0 Å². The van der Waals surface area contributed by atoms with E-state index in [2.05, 4.69) is 294 Å². The highest BCUT2D eigenvalue weighted by Gasteiger charge is 2.39. The molecule has 5 nitrogen and oxygen atoms in total. The first-order valence-electron chi connectivity index (χ1n) is 25.5. The van der Waals surface area contributed by atoms with Crippen LogP contribution in [0.3, 0.4) is 0 Å². The maximum atomic E-state index is 5.57. The predicted molar refractivity (Wildman–Crippen MR) is 309 cm³/mol. The highest BCUT2D eigenvalue weighted by Crippen LogP contribution is 2.48. The fraction of sp³-hybridized carbons (Fsp3) is 0.0143. The Hall–Kier alpha value is -9.97. The first kappa shape index (κ1) is 43.8. The summed E-state index contributed by atoms with van der Waals surface area (Å²) in [5.74, 6) is 1.67. The Morgan fingerprint density at radius 1 is 0.253 bits per heavy atom. The van der Waals surface area contributed by atoms with Crippen LogP contribution in [0.15, 0.2) is 285 Å². The summed E-state index contributed by atoms with van der Waals surface area (Å²) in [6.07, 6.45) is 0. The fourth-order valence-electron chi connectivity index (χ4n) is 11.6. The number of aromatic nitrogens is 5. The van der Waals surface area contributed by atoms with E-state index in [-0.39, 0.29) is 0 Å². The summed E-state index contributed by atoms with van der Waals surface area (Å²) in [6, 6.07) is 102. The molecule has 14 aromatic rings. The monoisotopic (exact) mass is 957 g/mol. The molecule has 3 aromatic heterocycles. The van der Waals surface area contributed by atoms with Gasteiger partial charge in [-0.15, -0.1) is 0 Å². The van der Waals surface area contributed by atoms with Gasteiger partial charge in [0.25, 0.3) is 0 Å². The maximum Gasteiger partial charge on any atom is 0.238 e. The van der Waals surface area contributed by atoms with Crippen LogP contribution in [0.2, 0.25) is 0 Å². The van der Waals surface area contributed by atoms with Crippen molar-refractivity contribution in [2.24, 2.45) is 0 Å². The average Bonchev–Trinajstić information content (AvgIpc) is 4.02. The Morgan fingerprint density at radius 3 is 1.12 bits per heavy atom. The Labute approximate surface area is 435 Å². The van der Waals surface area contributed by atoms with Crippen LogP contribution in [0.5, 0.6) is 0 Å². The highest BCUT2D eigenvalue weighted by molar-refractivity contribution is 6.10. The Bertz CT molecular complexity index is 4230. The second kappa shape index (κ2) is 18.3. The zero-order valence-electron chi connectivity index (χ0n) is 40.9. The van der Waals surface area contributed by atoms with Crippen LogP contribution in [-0.2, 0) is 5.41 Å². The van der Waals surface area contributed by atoms with Crippen LogP contribution in [0.1, 0.15) is 22.3 Å². The van der Waals surface area contributed by atoms with E-state index < -0.39 is 5.41 Å². The van der Waals surface area contributed by atoms with E-state index in [0.29, 0.717) is 17.6 Å². The minimum absolute atomic E-state index is 0.537. The molecular weight excluding hydrogens is 911 g/mol. The molecule has 0 aliphatic rings. The molecule has 0 unspecified atom stereocenters. The number of rotatable bonds is 10. The molecule has 352 valence electrons. The van der Waals surface area contributed by atoms with E-state index in [4.69, 9.17) is 15.0 Å². The first-order chi connectivity index (χ1) is 37.2. The third-order valence-electron chi connectivity index (χ3n) is 14.9.